The molecule has 1 heterocycles. The Bertz CT molecular complexity index is 739. The van der Waals surface area contributed by atoms with Crippen molar-refractivity contribution in [3.8, 4) is 0 Å². The number of benzene rings is 1. The predicted molar refractivity (Wildman–Crippen MR) is 102 cm³/mol. The number of halogens is 1. The molecule has 1 aliphatic rings. The third kappa shape index (κ3) is 5.08. The lowest BCUT2D eigenvalue weighted by Gasteiger charge is -2.38. The van der Waals surface area contributed by atoms with Crippen LogP contribution in [0.3, 0.4) is 0 Å². The lowest BCUT2D eigenvalue weighted by Crippen LogP contribution is -2.37. The molecule has 0 saturated heterocycles. The molecule has 1 aromatic carbocycles. The van der Waals surface area contributed by atoms with Crippen LogP contribution in [0.4, 0.5) is 9.18 Å². The summed E-state index contributed by atoms with van der Waals surface area (Å²) in [6, 6.07) is 9.38. The van der Waals surface area contributed by atoms with Gasteiger partial charge in [-0.15, -0.1) is 0 Å². The first kappa shape index (κ1) is 19.4. The molecule has 146 valence electrons. The van der Waals surface area contributed by atoms with Gasteiger partial charge in [0.25, 0.3) is 0 Å². The van der Waals surface area contributed by atoms with Crippen molar-refractivity contribution in [2.45, 2.75) is 52.2 Å². The number of alkyl halides is 1. The number of aromatic nitrogens is 2. The van der Waals surface area contributed by atoms with Gasteiger partial charge in [-0.05, 0) is 49.5 Å². The van der Waals surface area contributed by atoms with Crippen molar-refractivity contribution in [3.63, 3.8) is 0 Å². The fraction of sp³-hybridized carbons (Fsp3) is 0.524. The van der Waals surface area contributed by atoms with Gasteiger partial charge in [-0.1, -0.05) is 37.3 Å². The summed E-state index contributed by atoms with van der Waals surface area (Å²) in [4.78, 5) is 19.9. The summed E-state index contributed by atoms with van der Waals surface area (Å²) in [5.74, 6) is 1.03. The molecule has 1 unspecified atom stereocenters. The normalized spacial score (nSPS) is 23.6. The van der Waals surface area contributed by atoms with E-state index in [1.807, 2.05) is 44.2 Å². The maximum atomic E-state index is 13.3. The Balaban J connectivity index is 1.65. The number of aryl methyl sites for hydroxylation is 1. The Morgan fingerprint density at radius 3 is 2.67 bits per heavy atom. The van der Waals surface area contributed by atoms with Crippen molar-refractivity contribution >= 4 is 6.09 Å². The lowest BCUT2D eigenvalue weighted by atomic mass is 9.70. The third-order valence-electron chi connectivity index (χ3n) is 5.58. The molecule has 1 amide bonds. The molecule has 1 aliphatic carbocycles. The number of nitrogens with zero attached hydrogens (tertiary/aromatic N) is 1. The number of hydrogen-bond acceptors (Lipinski definition) is 3. The minimum absolute atomic E-state index is 0.210. The number of alkyl carbamates (subject to hydrolysis) is 1. The maximum Gasteiger partial charge on any atom is 0.408 e. The van der Waals surface area contributed by atoms with E-state index in [1.165, 1.54) is 0 Å². The minimum atomic E-state index is -0.449. The van der Waals surface area contributed by atoms with Crippen molar-refractivity contribution in [2.75, 3.05) is 6.67 Å². The smallest absolute Gasteiger partial charge is 0.408 e. The van der Waals surface area contributed by atoms with Gasteiger partial charge in [0.05, 0.1) is 24.6 Å². The van der Waals surface area contributed by atoms with E-state index in [-0.39, 0.29) is 30.7 Å². The zero-order valence-electron chi connectivity index (χ0n) is 16.0. The second kappa shape index (κ2) is 8.55. The lowest BCUT2D eigenvalue weighted by molar-refractivity contribution is 0.101. The minimum Gasteiger partial charge on any atom is -0.445 e. The van der Waals surface area contributed by atoms with Crippen molar-refractivity contribution < 1.29 is 13.9 Å². The number of nitrogens with one attached hydrogen (secondary N) is 2. The molecule has 2 aromatic rings. The van der Waals surface area contributed by atoms with Crippen LogP contribution >= 0.6 is 0 Å². The van der Waals surface area contributed by atoms with Crippen LogP contribution in [-0.4, -0.2) is 22.7 Å². The monoisotopic (exact) mass is 373 g/mol. The van der Waals surface area contributed by atoms with E-state index in [0.717, 1.165) is 42.8 Å². The summed E-state index contributed by atoms with van der Waals surface area (Å²) >= 11 is 0. The third-order valence-corrected chi connectivity index (χ3v) is 5.58. The second-order valence-electron chi connectivity index (χ2n) is 7.89. The fourth-order valence-corrected chi connectivity index (χ4v) is 3.74. The van der Waals surface area contributed by atoms with E-state index in [2.05, 4.69) is 15.3 Å². The first-order chi connectivity index (χ1) is 13.0. The number of hydrogen-bond donors (Lipinski definition) is 2. The summed E-state index contributed by atoms with van der Waals surface area (Å²) in [6.07, 6.45) is 4.68. The molecule has 5 nitrogen and oxygen atoms in total. The van der Waals surface area contributed by atoms with Gasteiger partial charge >= 0.3 is 6.09 Å². The zero-order chi connectivity index (χ0) is 19.3. The van der Waals surface area contributed by atoms with E-state index in [0.29, 0.717) is 0 Å². The highest BCUT2D eigenvalue weighted by molar-refractivity contribution is 5.67. The Hall–Kier alpha value is -2.37. The van der Waals surface area contributed by atoms with E-state index >= 15 is 0 Å². The summed E-state index contributed by atoms with van der Waals surface area (Å²) < 4.78 is 18.7. The van der Waals surface area contributed by atoms with Crippen LogP contribution in [0.5, 0.6) is 0 Å². The predicted octanol–water partition coefficient (Wildman–Crippen LogP) is 4.85. The molecule has 6 heteroatoms. The molecule has 0 spiro atoms. The molecule has 0 radical (unpaired) electrons. The van der Waals surface area contributed by atoms with Gasteiger partial charge in [-0.2, -0.15) is 0 Å². The average molecular weight is 373 g/mol. The van der Waals surface area contributed by atoms with Crippen molar-refractivity contribution in [3.05, 3.63) is 53.6 Å². The van der Waals surface area contributed by atoms with Gasteiger partial charge < -0.3 is 15.0 Å². The molecule has 1 saturated carbocycles. The van der Waals surface area contributed by atoms with Gasteiger partial charge in [-0.3, -0.25) is 4.39 Å². The quantitative estimate of drug-likeness (QED) is 0.760. The van der Waals surface area contributed by atoms with Crippen molar-refractivity contribution in [1.29, 1.82) is 0 Å². The standard InChI is InChI=1S/C21H28FN3O2/c1-15-23-12-18(24-15)19(17-8-10-21(2,14-22)11-9-17)25-20(26)27-13-16-6-4-3-5-7-16/h3-7,12,17,19H,8-11,13-14H2,1-2H3,(H,23,24)(H,25,26). The van der Waals surface area contributed by atoms with Gasteiger partial charge in [0.1, 0.15) is 12.4 Å². The largest absolute Gasteiger partial charge is 0.445 e. The van der Waals surface area contributed by atoms with Crippen LogP contribution in [0.25, 0.3) is 0 Å². The van der Waals surface area contributed by atoms with Crippen LogP contribution in [0, 0.1) is 18.3 Å². The number of rotatable bonds is 6. The van der Waals surface area contributed by atoms with E-state index in [9.17, 15) is 9.18 Å². The van der Waals surface area contributed by atoms with Crippen LogP contribution < -0.4 is 5.32 Å². The Kier molecular flexibility index (Phi) is 6.14. The molecule has 1 atom stereocenters. The Morgan fingerprint density at radius 1 is 1.37 bits per heavy atom. The SMILES string of the molecule is Cc1ncc(C(NC(=O)OCc2ccccc2)C2CCC(C)(CF)CC2)[nH]1. The van der Waals surface area contributed by atoms with E-state index in [1.54, 1.807) is 6.20 Å². The highest BCUT2D eigenvalue weighted by atomic mass is 19.1. The number of imidazole rings is 1. The topological polar surface area (TPSA) is 67.0 Å². The molecular weight excluding hydrogens is 345 g/mol. The molecular formula is C21H28FN3O2. The molecule has 0 bridgehead atoms. The summed E-state index contributed by atoms with van der Waals surface area (Å²) in [5.41, 5.74) is 1.58. The average Bonchev–Trinajstić information content (AvgIpc) is 3.12. The van der Waals surface area contributed by atoms with Gasteiger partial charge in [0.15, 0.2) is 0 Å². The molecule has 1 aromatic heterocycles. The van der Waals surface area contributed by atoms with Gasteiger partial charge in [-0.25, -0.2) is 9.78 Å². The number of ether oxygens (including phenoxy) is 1. The second-order valence-corrected chi connectivity index (χ2v) is 7.89. The molecule has 1 fully saturated rings. The van der Waals surface area contributed by atoms with Crippen LogP contribution in [0.2, 0.25) is 0 Å². The Morgan fingerprint density at radius 2 is 2.07 bits per heavy atom. The summed E-state index contributed by atoms with van der Waals surface area (Å²) in [6.45, 7) is 3.82. The van der Waals surface area contributed by atoms with Crippen LogP contribution in [0.15, 0.2) is 36.5 Å². The fourth-order valence-electron chi connectivity index (χ4n) is 3.74. The first-order valence-electron chi connectivity index (χ1n) is 9.54. The van der Waals surface area contributed by atoms with Crippen molar-refractivity contribution in [1.82, 2.24) is 15.3 Å². The summed E-state index contributed by atoms with van der Waals surface area (Å²) in [7, 11) is 0. The molecule has 27 heavy (non-hydrogen) atoms. The molecule has 3 rings (SSSR count). The van der Waals surface area contributed by atoms with Crippen LogP contribution in [-0.2, 0) is 11.3 Å². The van der Waals surface area contributed by atoms with Crippen molar-refractivity contribution in [2.24, 2.45) is 11.3 Å². The first-order valence-corrected chi connectivity index (χ1v) is 9.54. The van der Waals surface area contributed by atoms with Crippen LogP contribution in [0.1, 0.15) is 55.7 Å². The maximum absolute atomic E-state index is 13.3. The number of carbonyl (C=O) groups is 1. The zero-order valence-corrected chi connectivity index (χ0v) is 16.0. The highest BCUT2D eigenvalue weighted by Gasteiger charge is 2.36. The number of H-pyrrole nitrogens is 1. The molecule has 0 aliphatic heterocycles. The number of carbonyl (C=O) groups excluding carboxylic acids is 1. The van der Waals surface area contributed by atoms with Gasteiger partial charge in [0, 0.05) is 0 Å². The van der Waals surface area contributed by atoms with E-state index in [4.69, 9.17) is 4.74 Å². The van der Waals surface area contributed by atoms with E-state index < -0.39 is 6.09 Å². The highest BCUT2D eigenvalue weighted by Crippen LogP contribution is 2.43. The number of aromatic amines is 1. The number of amides is 1. The summed E-state index contributed by atoms with van der Waals surface area (Å²) in [5, 5.41) is 3.01. The molecule has 2 N–H and O–H groups in total. The Labute approximate surface area is 159 Å². The van der Waals surface area contributed by atoms with Gasteiger partial charge in [0.2, 0.25) is 0 Å².